The second-order valence-corrected chi connectivity index (χ2v) is 5.81. The molecule has 1 aromatic carbocycles. The molecule has 0 bridgehead atoms. The van der Waals surface area contributed by atoms with E-state index in [0.717, 1.165) is 18.5 Å². The zero-order chi connectivity index (χ0) is 13.2. The van der Waals surface area contributed by atoms with Crippen molar-refractivity contribution in [1.82, 2.24) is 5.43 Å². The van der Waals surface area contributed by atoms with Crippen molar-refractivity contribution in [2.45, 2.75) is 45.1 Å². The number of hydrogen-bond donors (Lipinski definition) is 3. The Morgan fingerprint density at radius 3 is 2.28 bits per heavy atom. The number of nitrogens with zero attached hydrogens (tertiary/aromatic N) is 1. The van der Waals surface area contributed by atoms with Gasteiger partial charge in [0, 0.05) is 5.69 Å². The van der Waals surface area contributed by atoms with Crippen molar-refractivity contribution in [3.05, 3.63) is 29.8 Å². The van der Waals surface area contributed by atoms with E-state index in [1.165, 1.54) is 5.56 Å². The van der Waals surface area contributed by atoms with Crippen LogP contribution in [0.5, 0.6) is 0 Å². The van der Waals surface area contributed by atoms with Gasteiger partial charge >= 0.3 is 0 Å². The van der Waals surface area contributed by atoms with Gasteiger partial charge in [0.25, 0.3) is 0 Å². The number of nitrogens with two attached hydrogens (primary N) is 1. The van der Waals surface area contributed by atoms with Gasteiger partial charge in [-0.1, -0.05) is 32.9 Å². The lowest BCUT2D eigenvalue weighted by Crippen LogP contribution is -2.36. The predicted octanol–water partition coefficient (Wildman–Crippen LogP) is 2.38. The molecule has 1 fully saturated rings. The summed E-state index contributed by atoms with van der Waals surface area (Å²) < 4.78 is 0. The molecule has 0 aromatic heterocycles. The first-order valence-corrected chi connectivity index (χ1v) is 6.41. The van der Waals surface area contributed by atoms with Gasteiger partial charge in [0.05, 0.1) is 6.04 Å². The minimum Gasteiger partial charge on any atom is -0.325 e. The van der Waals surface area contributed by atoms with Crippen molar-refractivity contribution in [3.8, 4) is 0 Å². The van der Waals surface area contributed by atoms with E-state index in [4.69, 9.17) is 5.84 Å². The molecule has 0 radical (unpaired) electrons. The van der Waals surface area contributed by atoms with Gasteiger partial charge in [-0.3, -0.25) is 5.43 Å². The molecule has 1 saturated carbocycles. The molecular weight excluding hydrogens is 224 g/mol. The zero-order valence-electron chi connectivity index (χ0n) is 11.3. The van der Waals surface area contributed by atoms with Crippen LogP contribution in [0.3, 0.4) is 0 Å². The Morgan fingerprint density at radius 1 is 1.22 bits per heavy atom. The van der Waals surface area contributed by atoms with Crippen LogP contribution in [0.1, 0.15) is 39.2 Å². The molecule has 1 aliphatic carbocycles. The lowest BCUT2D eigenvalue weighted by molar-refractivity contribution is 0.590. The summed E-state index contributed by atoms with van der Waals surface area (Å²) in [5.41, 5.74) is 5.10. The number of nitrogens with one attached hydrogen (secondary N) is 2. The Balaban J connectivity index is 2.05. The van der Waals surface area contributed by atoms with E-state index in [2.05, 4.69) is 60.8 Å². The molecule has 0 aliphatic heterocycles. The largest absolute Gasteiger partial charge is 0.325 e. The van der Waals surface area contributed by atoms with E-state index in [1.807, 2.05) is 0 Å². The molecule has 1 aromatic rings. The van der Waals surface area contributed by atoms with E-state index in [1.54, 1.807) is 0 Å². The van der Waals surface area contributed by atoms with E-state index >= 15 is 0 Å². The van der Waals surface area contributed by atoms with Crippen molar-refractivity contribution in [2.75, 3.05) is 5.32 Å². The van der Waals surface area contributed by atoms with E-state index in [-0.39, 0.29) is 5.41 Å². The van der Waals surface area contributed by atoms with E-state index in [9.17, 15) is 0 Å². The van der Waals surface area contributed by atoms with E-state index in [0.29, 0.717) is 12.0 Å². The number of aliphatic imine (C=N–C) groups is 1. The van der Waals surface area contributed by atoms with Crippen LogP contribution in [0.25, 0.3) is 0 Å². The summed E-state index contributed by atoms with van der Waals surface area (Å²) >= 11 is 0. The van der Waals surface area contributed by atoms with Crippen molar-refractivity contribution in [1.29, 1.82) is 0 Å². The van der Waals surface area contributed by atoms with Gasteiger partial charge in [-0.25, -0.2) is 10.8 Å². The molecule has 4 nitrogen and oxygen atoms in total. The van der Waals surface area contributed by atoms with Crippen LogP contribution in [0.2, 0.25) is 0 Å². The van der Waals surface area contributed by atoms with Gasteiger partial charge < -0.3 is 5.32 Å². The second-order valence-electron chi connectivity index (χ2n) is 5.81. The number of benzene rings is 1. The first-order chi connectivity index (χ1) is 8.49. The Morgan fingerprint density at radius 2 is 1.83 bits per heavy atom. The van der Waals surface area contributed by atoms with Gasteiger partial charge in [-0.05, 0) is 36.0 Å². The quantitative estimate of drug-likeness (QED) is 0.325. The summed E-state index contributed by atoms with van der Waals surface area (Å²) in [6.07, 6.45) is 2.33. The fourth-order valence-electron chi connectivity index (χ4n) is 1.68. The number of guanidine groups is 1. The molecule has 0 spiro atoms. The van der Waals surface area contributed by atoms with Gasteiger partial charge in [-0.15, -0.1) is 0 Å². The molecule has 18 heavy (non-hydrogen) atoms. The molecule has 4 N–H and O–H groups in total. The highest BCUT2D eigenvalue weighted by Crippen LogP contribution is 2.25. The van der Waals surface area contributed by atoms with Crippen LogP contribution >= 0.6 is 0 Å². The molecule has 98 valence electrons. The smallest absolute Gasteiger partial charge is 0.210 e. The Labute approximate surface area is 109 Å². The van der Waals surface area contributed by atoms with Gasteiger partial charge in [-0.2, -0.15) is 0 Å². The maximum atomic E-state index is 5.45. The number of anilines is 1. The molecule has 4 heteroatoms. The van der Waals surface area contributed by atoms with Gasteiger partial charge in [0.1, 0.15) is 0 Å². The van der Waals surface area contributed by atoms with E-state index < -0.39 is 0 Å². The third-order valence-corrected chi connectivity index (χ3v) is 3.01. The number of hydrazine groups is 1. The highest BCUT2D eigenvalue weighted by molar-refractivity contribution is 5.93. The minimum absolute atomic E-state index is 0.176. The molecule has 0 heterocycles. The standard InChI is InChI=1S/C14H22N4/c1-14(2,3)10-4-6-11(7-5-10)16-13(18-15)17-12-8-9-12/h4-7,12H,8-9,15H2,1-3H3,(H2,16,17,18). The number of hydrogen-bond acceptors (Lipinski definition) is 2. The normalized spacial score (nSPS) is 16.6. The minimum atomic E-state index is 0.176. The molecule has 1 aliphatic rings. The lowest BCUT2D eigenvalue weighted by atomic mass is 9.87. The summed E-state index contributed by atoms with van der Waals surface area (Å²) in [5, 5.41) is 3.19. The van der Waals surface area contributed by atoms with Crippen LogP contribution in [0.15, 0.2) is 29.3 Å². The zero-order valence-corrected chi connectivity index (χ0v) is 11.3. The molecule has 2 rings (SSSR count). The van der Waals surface area contributed by atoms with Crippen molar-refractivity contribution < 1.29 is 0 Å². The summed E-state index contributed by atoms with van der Waals surface area (Å²) in [7, 11) is 0. The average Bonchev–Trinajstić information content (AvgIpc) is 3.11. The highest BCUT2D eigenvalue weighted by atomic mass is 15.3. The third kappa shape index (κ3) is 3.47. The first-order valence-electron chi connectivity index (χ1n) is 6.41. The third-order valence-electron chi connectivity index (χ3n) is 3.01. The monoisotopic (exact) mass is 246 g/mol. The average molecular weight is 246 g/mol. The number of rotatable bonds is 2. The highest BCUT2D eigenvalue weighted by Gasteiger charge is 2.21. The van der Waals surface area contributed by atoms with Crippen LogP contribution in [0, 0.1) is 0 Å². The van der Waals surface area contributed by atoms with Gasteiger partial charge in [0.15, 0.2) is 0 Å². The van der Waals surface area contributed by atoms with Crippen LogP contribution < -0.4 is 16.6 Å². The molecule has 0 unspecified atom stereocenters. The Hall–Kier alpha value is -1.55. The summed E-state index contributed by atoms with van der Waals surface area (Å²) in [6.45, 7) is 6.62. The second kappa shape index (κ2) is 4.98. The SMILES string of the molecule is CC(C)(C)c1ccc(NC(=NC2CC2)NN)cc1. The van der Waals surface area contributed by atoms with Crippen molar-refractivity contribution in [3.63, 3.8) is 0 Å². The van der Waals surface area contributed by atoms with Crippen LogP contribution in [0.4, 0.5) is 5.69 Å². The fourth-order valence-corrected chi connectivity index (χ4v) is 1.68. The lowest BCUT2D eigenvalue weighted by Gasteiger charge is -2.19. The Bertz CT molecular complexity index is 424. The summed E-state index contributed by atoms with van der Waals surface area (Å²) in [4.78, 5) is 4.44. The van der Waals surface area contributed by atoms with Crippen molar-refractivity contribution >= 4 is 11.6 Å². The predicted molar refractivity (Wildman–Crippen MR) is 76.5 cm³/mol. The maximum absolute atomic E-state index is 5.45. The van der Waals surface area contributed by atoms with Crippen LogP contribution in [-0.2, 0) is 5.41 Å². The van der Waals surface area contributed by atoms with Crippen LogP contribution in [-0.4, -0.2) is 12.0 Å². The Kier molecular flexibility index (Phi) is 3.57. The van der Waals surface area contributed by atoms with Crippen molar-refractivity contribution in [2.24, 2.45) is 10.8 Å². The summed E-state index contributed by atoms with van der Waals surface area (Å²) in [6, 6.07) is 8.82. The molecule has 0 amide bonds. The topological polar surface area (TPSA) is 62.4 Å². The first kappa shape index (κ1) is 12.9. The molecule has 0 saturated heterocycles. The maximum Gasteiger partial charge on any atom is 0.210 e. The fraction of sp³-hybridized carbons (Fsp3) is 0.500. The molecule has 0 atom stereocenters. The van der Waals surface area contributed by atoms with Gasteiger partial charge in [0.2, 0.25) is 5.96 Å². The summed E-state index contributed by atoms with van der Waals surface area (Å²) in [5.74, 6) is 6.09. The molecular formula is C14H22N4.